The van der Waals surface area contributed by atoms with Crippen LogP contribution in [0.25, 0.3) is 10.9 Å². The number of fused-ring (bicyclic) bond motifs is 1. The number of hydrogen-bond acceptors (Lipinski definition) is 4. The molecule has 29 heavy (non-hydrogen) atoms. The summed E-state index contributed by atoms with van der Waals surface area (Å²) in [4.78, 5) is 20.9. The number of carbonyl (C=O) groups excluding carboxylic acids is 1. The van der Waals surface area contributed by atoms with Gasteiger partial charge < -0.3 is 9.80 Å². The molecule has 7 heteroatoms. The number of hydrogen-bond donors (Lipinski definition) is 0. The van der Waals surface area contributed by atoms with Crippen LogP contribution in [0, 0.1) is 24.1 Å². The summed E-state index contributed by atoms with van der Waals surface area (Å²) < 4.78 is 14.1. The van der Waals surface area contributed by atoms with Crippen LogP contribution in [0.2, 0.25) is 5.02 Å². The van der Waals surface area contributed by atoms with Gasteiger partial charge in [-0.05, 0) is 48.9 Å². The standard InChI is InChI=1S/C22H18ClFN4O/c1-14-10-18(24)11-19-20(14)26-13-16(12-25)21(19)27-6-8-28(9-7-27)22(29)15-2-4-17(23)5-3-15/h2-5,10-11,13H,6-9H2,1H3. The van der Waals surface area contributed by atoms with Gasteiger partial charge in [0, 0.05) is 48.3 Å². The molecule has 0 spiro atoms. The fraction of sp³-hybridized carbons (Fsp3) is 0.227. The fourth-order valence-corrected chi connectivity index (χ4v) is 3.88. The van der Waals surface area contributed by atoms with Crippen LogP contribution >= 0.6 is 11.6 Å². The summed E-state index contributed by atoms with van der Waals surface area (Å²) in [6, 6.07) is 11.9. The van der Waals surface area contributed by atoms with E-state index in [9.17, 15) is 14.4 Å². The van der Waals surface area contributed by atoms with E-state index in [0.717, 1.165) is 5.56 Å². The lowest BCUT2D eigenvalue weighted by Gasteiger charge is -2.37. The second-order valence-electron chi connectivity index (χ2n) is 7.04. The third-order valence-electron chi connectivity index (χ3n) is 5.19. The molecule has 2 aromatic carbocycles. The molecule has 0 bridgehead atoms. The Kier molecular flexibility index (Phi) is 5.08. The number of anilines is 1. The van der Waals surface area contributed by atoms with Crippen molar-refractivity contribution in [2.75, 3.05) is 31.1 Å². The summed E-state index contributed by atoms with van der Waals surface area (Å²) in [5.41, 5.74) is 3.08. The summed E-state index contributed by atoms with van der Waals surface area (Å²) in [7, 11) is 0. The van der Waals surface area contributed by atoms with Crippen LogP contribution in [-0.4, -0.2) is 42.0 Å². The summed E-state index contributed by atoms with van der Waals surface area (Å²) in [5.74, 6) is -0.409. The van der Waals surface area contributed by atoms with Crippen LogP contribution in [-0.2, 0) is 0 Å². The number of piperazine rings is 1. The van der Waals surface area contributed by atoms with Gasteiger partial charge >= 0.3 is 0 Å². The number of pyridine rings is 1. The number of aryl methyl sites for hydroxylation is 1. The Hall–Kier alpha value is -3.17. The Morgan fingerprint density at radius 1 is 1.17 bits per heavy atom. The van der Waals surface area contributed by atoms with E-state index in [4.69, 9.17) is 11.6 Å². The van der Waals surface area contributed by atoms with E-state index in [1.165, 1.54) is 18.3 Å². The molecule has 0 atom stereocenters. The second-order valence-corrected chi connectivity index (χ2v) is 7.47. The van der Waals surface area contributed by atoms with Gasteiger partial charge in [-0.1, -0.05) is 11.6 Å². The highest BCUT2D eigenvalue weighted by Gasteiger charge is 2.25. The lowest BCUT2D eigenvalue weighted by molar-refractivity contribution is 0.0747. The number of rotatable bonds is 2. The molecule has 1 saturated heterocycles. The first-order chi connectivity index (χ1) is 14.0. The highest BCUT2D eigenvalue weighted by atomic mass is 35.5. The zero-order chi connectivity index (χ0) is 20.5. The lowest BCUT2D eigenvalue weighted by atomic mass is 10.0. The van der Waals surface area contributed by atoms with E-state index in [1.807, 2.05) is 4.90 Å². The summed E-state index contributed by atoms with van der Waals surface area (Å²) in [5, 5.41) is 10.8. The third kappa shape index (κ3) is 3.62. The van der Waals surface area contributed by atoms with E-state index >= 15 is 0 Å². The van der Waals surface area contributed by atoms with E-state index < -0.39 is 0 Å². The topological polar surface area (TPSA) is 60.2 Å². The van der Waals surface area contributed by atoms with Crippen molar-refractivity contribution in [3.8, 4) is 6.07 Å². The SMILES string of the molecule is Cc1cc(F)cc2c(N3CCN(C(=O)c4ccc(Cl)cc4)CC3)c(C#N)cnc12. The Bertz CT molecular complexity index is 1130. The molecule has 1 aromatic heterocycles. The predicted octanol–water partition coefficient (Wildman–Crippen LogP) is 4.17. The van der Waals surface area contributed by atoms with Gasteiger partial charge in [-0.2, -0.15) is 5.26 Å². The van der Waals surface area contributed by atoms with Gasteiger partial charge in [0.1, 0.15) is 11.9 Å². The maximum atomic E-state index is 14.1. The maximum absolute atomic E-state index is 14.1. The second kappa shape index (κ2) is 7.69. The maximum Gasteiger partial charge on any atom is 0.253 e. The molecule has 5 nitrogen and oxygen atoms in total. The Morgan fingerprint density at radius 3 is 2.52 bits per heavy atom. The van der Waals surface area contributed by atoms with E-state index in [-0.39, 0.29) is 11.7 Å². The molecule has 0 N–H and O–H groups in total. The number of benzene rings is 2. The molecule has 1 aliphatic heterocycles. The van der Waals surface area contributed by atoms with Crippen LogP contribution in [0.3, 0.4) is 0 Å². The van der Waals surface area contributed by atoms with Crippen LogP contribution in [0.4, 0.5) is 10.1 Å². The first kappa shape index (κ1) is 19.2. The largest absolute Gasteiger partial charge is 0.366 e. The van der Waals surface area contributed by atoms with Crippen LogP contribution in [0.5, 0.6) is 0 Å². The molecule has 0 radical (unpaired) electrons. The van der Waals surface area contributed by atoms with Gasteiger partial charge in [0.2, 0.25) is 0 Å². The average Bonchev–Trinajstić information content (AvgIpc) is 2.73. The number of nitriles is 1. The summed E-state index contributed by atoms with van der Waals surface area (Å²) >= 11 is 5.90. The van der Waals surface area contributed by atoms with Gasteiger partial charge in [0.05, 0.1) is 16.8 Å². The highest BCUT2D eigenvalue weighted by Crippen LogP contribution is 2.32. The van der Waals surface area contributed by atoms with Crippen molar-refractivity contribution in [1.82, 2.24) is 9.88 Å². The van der Waals surface area contributed by atoms with Crippen molar-refractivity contribution < 1.29 is 9.18 Å². The molecular weight excluding hydrogens is 391 g/mol. The number of amides is 1. The first-order valence-electron chi connectivity index (χ1n) is 9.26. The number of halogens is 2. The van der Waals surface area contributed by atoms with Crippen molar-refractivity contribution >= 4 is 34.1 Å². The molecule has 0 aliphatic carbocycles. The van der Waals surface area contributed by atoms with Crippen molar-refractivity contribution in [2.24, 2.45) is 0 Å². The van der Waals surface area contributed by atoms with Gasteiger partial charge in [0.25, 0.3) is 5.91 Å². The fourth-order valence-electron chi connectivity index (χ4n) is 3.75. The van der Waals surface area contributed by atoms with E-state index in [2.05, 4.69) is 11.1 Å². The Morgan fingerprint density at radius 2 is 1.86 bits per heavy atom. The molecule has 1 aliphatic rings. The van der Waals surface area contributed by atoms with Crippen LogP contribution in [0.1, 0.15) is 21.5 Å². The minimum absolute atomic E-state index is 0.0525. The molecule has 4 rings (SSSR count). The lowest BCUT2D eigenvalue weighted by Crippen LogP contribution is -2.49. The van der Waals surface area contributed by atoms with Crippen LogP contribution < -0.4 is 4.90 Å². The summed E-state index contributed by atoms with van der Waals surface area (Å²) in [6.07, 6.45) is 1.54. The average molecular weight is 409 g/mol. The molecular formula is C22H18ClFN4O. The number of aromatic nitrogens is 1. The van der Waals surface area contributed by atoms with Gasteiger partial charge in [-0.15, -0.1) is 0 Å². The Labute approximate surface area is 172 Å². The molecule has 1 fully saturated rings. The zero-order valence-corrected chi connectivity index (χ0v) is 16.6. The summed E-state index contributed by atoms with van der Waals surface area (Å²) in [6.45, 7) is 3.90. The van der Waals surface area contributed by atoms with Crippen molar-refractivity contribution in [1.29, 1.82) is 5.26 Å². The van der Waals surface area contributed by atoms with Crippen molar-refractivity contribution in [2.45, 2.75) is 6.92 Å². The molecule has 146 valence electrons. The smallest absolute Gasteiger partial charge is 0.253 e. The number of nitrogens with zero attached hydrogens (tertiary/aromatic N) is 4. The van der Waals surface area contributed by atoms with Crippen LogP contribution in [0.15, 0.2) is 42.6 Å². The Balaban J connectivity index is 1.62. The minimum Gasteiger partial charge on any atom is -0.366 e. The molecule has 3 aromatic rings. The third-order valence-corrected chi connectivity index (χ3v) is 5.44. The normalized spacial score (nSPS) is 14.1. The van der Waals surface area contributed by atoms with Gasteiger partial charge in [0.15, 0.2) is 0 Å². The van der Waals surface area contributed by atoms with Crippen molar-refractivity contribution in [3.63, 3.8) is 0 Å². The zero-order valence-electron chi connectivity index (χ0n) is 15.8. The minimum atomic E-state index is -0.357. The first-order valence-corrected chi connectivity index (χ1v) is 9.64. The predicted molar refractivity (Wildman–Crippen MR) is 111 cm³/mol. The molecule has 0 saturated carbocycles. The van der Waals surface area contributed by atoms with E-state index in [1.54, 1.807) is 36.1 Å². The molecule has 1 amide bonds. The van der Waals surface area contributed by atoms with Gasteiger partial charge in [-0.3, -0.25) is 9.78 Å². The van der Waals surface area contributed by atoms with Crippen molar-refractivity contribution in [3.05, 3.63) is 70.1 Å². The molecule has 2 heterocycles. The quantitative estimate of drug-likeness (QED) is 0.638. The van der Waals surface area contributed by atoms with E-state index in [0.29, 0.717) is 58.9 Å². The molecule has 0 unspecified atom stereocenters. The highest BCUT2D eigenvalue weighted by molar-refractivity contribution is 6.30. The van der Waals surface area contributed by atoms with Gasteiger partial charge in [-0.25, -0.2) is 4.39 Å². The number of carbonyl (C=O) groups is 1. The monoisotopic (exact) mass is 408 g/mol.